The molecule has 0 aromatic rings. The van der Waals surface area contributed by atoms with Gasteiger partial charge in [-0.05, 0) is 19.4 Å². The van der Waals surface area contributed by atoms with Gasteiger partial charge in [-0.15, -0.1) is 0 Å². The summed E-state index contributed by atoms with van der Waals surface area (Å²) in [6.07, 6.45) is -2.91. The van der Waals surface area contributed by atoms with Crippen LogP contribution in [0.4, 0.5) is 13.2 Å². The molecule has 0 aromatic heterocycles. The van der Waals surface area contributed by atoms with Crippen LogP contribution >= 0.6 is 0 Å². The van der Waals surface area contributed by atoms with Gasteiger partial charge in [-0.25, -0.2) is 0 Å². The van der Waals surface area contributed by atoms with E-state index in [4.69, 9.17) is 5.73 Å². The molecule has 0 amide bonds. The van der Waals surface area contributed by atoms with E-state index in [1.54, 1.807) is 4.90 Å². The molecule has 13 heavy (non-hydrogen) atoms. The molecule has 78 valence electrons. The summed E-state index contributed by atoms with van der Waals surface area (Å²) in [4.78, 5) is 1.79. The van der Waals surface area contributed by atoms with Crippen molar-refractivity contribution < 1.29 is 13.2 Å². The molecule has 0 bridgehead atoms. The van der Waals surface area contributed by atoms with E-state index in [0.29, 0.717) is 6.54 Å². The number of rotatable bonds is 2. The van der Waals surface area contributed by atoms with Crippen molar-refractivity contribution in [1.82, 2.24) is 4.90 Å². The second-order valence-electron chi connectivity index (χ2n) is 3.57. The van der Waals surface area contributed by atoms with Gasteiger partial charge in [0.1, 0.15) is 0 Å². The molecule has 2 nitrogen and oxygen atoms in total. The monoisotopic (exact) mass is 196 g/mol. The minimum absolute atomic E-state index is 0.0574. The lowest BCUT2D eigenvalue weighted by molar-refractivity contribution is -0.138. The summed E-state index contributed by atoms with van der Waals surface area (Å²) < 4.78 is 35.5. The second-order valence-corrected chi connectivity index (χ2v) is 3.57. The van der Waals surface area contributed by atoms with Gasteiger partial charge in [-0.1, -0.05) is 0 Å². The Labute approximate surface area is 75.9 Å². The van der Waals surface area contributed by atoms with Crippen LogP contribution in [0.1, 0.15) is 19.3 Å². The summed E-state index contributed by atoms with van der Waals surface area (Å²) in [6, 6.07) is 0.0574. The number of alkyl halides is 3. The van der Waals surface area contributed by atoms with Gasteiger partial charge >= 0.3 is 6.18 Å². The van der Waals surface area contributed by atoms with Gasteiger partial charge in [-0.2, -0.15) is 13.2 Å². The zero-order chi connectivity index (χ0) is 9.90. The van der Waals surface area contributed by atoms with E-state index in [2.05, 4.69) is 0 Å². The van der Waals surface area contributed by atoms with Gasteiger partial charge in [0.2, 0.25) is 0 Å². The third-order valence-corrected chi connectivity index (χ3v) is 2.25. The van der Waals surface area contributed by atoms with E-state index in [9.17, 15) is 13.2 Å². The number of piperidine rings is 1. The average Bonchev–Trinajstić information content (AvgIpc) is 2.00. The topological polar surface area (TPSA) is 29.3 Å². The lowest BCUT2D eigenvalue weighted by Crippen LogP contribution is -2.43. The third kappa shape index (κ3) is 4.47. The van der Waals surface area contributed by atoms with Gasteiger partial charge in [0, 0.05) is 19.1 Å². The van der Waals surface area contributed by atoms with E-state index < -0.39 is 12.6 Å². The van der Waals surface area contributed by atoms with Crippen molar-refractivity contribution in [2.45, 2.75) is 31.5 Å². The third-order valence-electron chi connectivity index (χ3n) is 2.25. The van der Waals surface area contributed by atoms with Crippen LogP contribution in [-0.2, 0) is 0 Å². The molecule has 0 saturated carbocycles. The highest BCUT2D eigenvalue weighted by molar-refractivity contribution is 4.75. The van der Waals surface area contributed by atoms with Gasteiger partial charge in [0.15, 0.2) is 0 Å². The Balaban J connectivity index is 2.21. The van der Waals surface area contributed by atoms with Crippen LogP contribution < -0.4 is 5.73 Å². The Hall–Kier alpha value is -0.290. The molecular formula is C8H15F3N2. The standard InChI is InChI=1S/C8H15F3N2/c9-8(10,11)3-5-13-4-1-2-7(12)6-13/h7H,1-6,12H2/t7-/m1/s1. The van der Waals surface area contributed by atoms with Crippen molar-refractivity contribution in [3.63, 3.8) is 0 Å². The van der Waals surface area contributed by atoms with Crippen LogP contribution in [0.3, 0.4) is 0 Å². The first-order valence-electron chi connectivity index (χ1n) is 4.52. The highest BCUT2D eigenvalue weighted by Gasteiger charge is 2.28. The van der Waals surface area contributed by atoms with E-state index in [0.717, 1.165) is 19.4 Å². The zero-order valence-electron chi connectivity index (χ0n) is 7.48. The summed E-state index contributed by atoms with van der Waals surface area (Å²) in [7, 11) is 0. The van der Waals surface area contributed by atoms with Crippen molar-refractivity contribution in [2.75, 3.05) is 19.6 Å². The molecule has 0 unspecified atom stereocenters. The van der Waals surface area contributed by atoms with Crippen LogP contribution in [-0.4, -0.2) is 36.8 Å². The van der Waals surface area contributed by atoms with Crippen LogP contribution in [0.5, 0.6) is 0 Å². The summed E-state index contributed by atoms with van der Waals surface area (Å²) >= 11 is 0. The normalized spacial score (nSPS) is 26.3. The van der Waals surface area contributed by atoms with Crippen LogP contribution in [0.2, 0.25) is 0 Å². The second kappa shape index (κ2) is 4.28. The fourth-order valence-corrected chi connectivity index (χ4v) is 1.58. The number of hydrogen-bond donors (Lipinski definition) is 1. The fourth-order valence-electron chi connectivity index (χ4n) is 1.58. The zero-order valence-corrected chi connectivity index (χ0v) is 7.48. The summed E-state index contributed by atoms with van der Waals surface area (Å²) in [5.74, 6) is 0. The van der Waals surface area contributed by atoms with Crippen molar-refractivity contribution in [1.29, 1.82) is 0 Å². The van der Waals surface area contributed by atoms with E-state index >= 15 is 0 Å². The van der Waals surface area contributed by atoms with E-state index in [1.807, 2.05) is 0 Å². The molecule has 0 aliphatic carbocycles. The number of halogens is 3. The van der Waals surface area contributed by atoms with E-state index in [-0.39, 0.29) is 12.6 Å². The molecule has 1 rings (SSSR count). The van der Waals surface area contributed by atoms with E-state index in [1.165, 1.54) is 0 Å². The lowest BCUT2D eigenvalue weighted by Gasteiger charge is -2.30. The minimum Gasteiger partial charge on any atom is -0.327 e. The maximum Gasteiger partial charge on any atom is 0.390 e. The predicted molar refractivity (Wildman–Crippen MR) is 44.3 cm³/mol. The molecule has 0 aromatic carbocycles. The van der Waals surface area contributed by atoms with Gasteiger partial charge in [0.05, 0.1) is 6.42 Å². The molecule has 5 heteroatoms. The SMILES string of the molecule is N[C@@H]1CCCN(CCC(F)(F)F)C1. The average molecular weight is 196 g/mol. The molecule has 0 spiro atoms. The largest absolute Gasteiger partial charge is 0.390 e. The van der Waals surface area contributed by atoms with Crippen molar-refractivity contribution in [2.24, 2.45) is 5.73 Å². The first kappa shape index (κ1) is 10.8. The Morgan fingerprint density at radius 3 is 2.62 bits per heavy atom. The summed E-state index contributed by atoms with van der Waals surface area (Å²) in [5, 5.41) is 0. The predicted octanol–water partition coefficient (Wildman–Crippen LogP) is 1.36. The van der Waals surface area contributed by atoms with Crippen molar-refractivity contribution in [3.8, 4) is 0 Å². The molecule has 1 aliphatic heterocycles. The summed E-state index contributed by atoms with van der Waals surface area (Å²) in [6.45, 7) is 1.46. The molecule has 1 saturated heterocycles. The Bertz CT molecular complexity index is 158. The Morgan fingerprint density at radius 2 is 2.08 bits per heavy atom. The Morgan fingerprint density at radius 1 is 1.38 bits per heavy atom. The number of likely N-dealkylation sites (tertiary alicyclic amines) is 1. The number of nitrogens with two attached hydrogens (primary N) is 1. The van der Waals surface area contributed by atoms with Gasteiger partial charge in [0.25, 0.3) is 0 Å². The molecule has 1 heterocycles. The molecule has 2 N–H and O–H groups in total. The van der Waals surface area contributed by atoms with Crippen LogP contribution in [0, 0.1) is 0 Å². The number of nitrogens with zero attached hydrogens (tertiary/aromatic N) is 1. The summed E-state index contributed by atoms with van der Waals surface area (Å²) in [5.41, 5.74) is 5.64. The maximum atomic E-state index is 11.8. The van der Waals surface area contributed by atoms with Gasteiger partial charge in [-0.3, -0.25) is 0 Å². The fraction of sp³-hybridized carbons (Fsp3) is 1.00. The number of hydrogen-bond acceptors (Lipinski definition) is 2. The quantitative estimate of drug-likeness (QED) is 0.722. The molecule has 1 aliphatic rings. The molecule has 1 atom stereocenters. The Kier molecular flexibility index (Phi) is 3.55. The first-order valence-corrected chi connectivity index (χ1v) is 4.52. The highest BCUT2D eigenvalue weighted by Crippen LogP contribution is 2.20. The van der Waals surface area contributed by atoms with Crippen LogP contribution in [0.25, 0.3) is 0 Å². The maximum absolute atomic E-state index is 11.8. The lowest BCUT2D eigenvalue weighted by atomic mass is 10.1. The minimum atomic E-state index is -4.04. The highest BCUT2D eigenvalue weighted by atomic mass is 19.4. The van der Waals surface area contributed by atoms with Gasteiger partial charge < -0.3 is 10.6 Å². The molecular weight excluding hydrogens is 181 g/mol. The van der Waals surface area contributed by atoms with Crippen molar-refractivity contribution >= 4 is 0 Å². The molecule has 1 fully saturated rings. The molecule has 0 radical (unpaired) electrons. The van der Waals surface area contributed by atoms with Crippen LogP contribution in [0.15, 0.2) is 0 Å². The first-order chi connectivity index (χ1) is 5.97. The van der Waals surface area contributed by atoms with Crippen molar-refractivity contribution in [3.05, 3.63) is 0 Å². The smallest absolute Gasteiger partial charge is 0.327 e.